The molecule has 4 fully saturated rings. The van der Waals surface area contributed by atoms with Crippen LogP contribution >= 0.6 is 11.9 Å². The van der Waals surface area contributed by atoms with Crippen molar-refractivity contribution in [3.63, 3.8) is 0 Å². The predicted octanol–water partition coefficient (Wildman–Crippen LogP) is 9.37. The zero-order valence-electron chi connectivity index (χ0n) is 23.3. The second kappa shape index (κ2) is 10.1. The second-order valence-corrected chi connectivity index (χ2v) is 14.7. The van der Waals surface area contributed by atoms with E-state index in [9.17, 15) is 0 Å². The van der Waals surface area contributed by atoms with E-state index < -0.39 is 0 Å². The Hall–Kier alpha value is 0.310. The zero-order valence-corrected chi connectivity index (χ0v) is 24.1. The molecule has 188 valence electrons. The van der Waals surface area contributed by atoms with E-state index in [0.717, 1.165) is 29.6 Å². The highest BCUT2D eigenvalue weighted by Gasteiger charge is 2.60. The van der Waals surface area contributed by atoms with Crippen LogP contribution in [-0.4, -0.2) is 12.8 Å². The average molecular weight is 464 g/mol. The smallest absolute Gasteiger partial charge is 0.0135 e. The van der Waals surface area contributed by atoms with Crippen molar-refractivity contribution in [2.75, 3.05) is 12.8 Å². The molecule has 0 spiro atoms. The Morgan fingerprint density at radius 3 is 2.16 bits per heavy atom. The van der Waals surface area contributed by atoms with Crippen LogP contribution in [0.3, 0.4) is 0 Å². The van der Waals surface area contributed by atoms with Crippen LogP contribution in [0.15, 0.2) is 0 Å². The predicted molar refractivity (Wildman–Crippen MR) is 145 cm³/mol. The van der Waals surface area contributed by atoms with Crippen LogP contribution < -0.4 is 4.72 Å². The van der Waals surface area contributed by atoms with Gasteiger partial charge in [-0.05, 0) is 116 Å². The molecule has 0 aromatic rings. The topological polar surface area (TPSA) is 12.0 Å². The lowest BCUT2D eigenvalue weighted by Crippen LogP contribution is -2.53. The first-order valence-corrected chi connectivity index (χ1v) is 15.3. The minimum Gasteiger partial charge on any atom is -0.267 e. The molecular weight excluding hydrogens is 406 g/mol. The third kappa shape index (κ3) is 4.59. The van der Waals surface area contributed by atoms with E-state index >= 15 is 0 Å². The molecule has 4 rings (SSSR count). The summed E-state index contributed by atoms with van der Waals surface area (Å²) in [7, 11) is 2.07. The SMILES string of the molecule is CC.CNSCC(C)(C)C(C)(C)CC1CCC2C3CCC4CCCCC4(C)C3CCC12C. The van der Waals surface area contributed by atoms with Crippen LogP contribution in [-0.2, 0) is 0 Å². The van der Waals surface area contributed by atoms with Gasteiger partial charge in [0.05, 0.1) is 0 Å². The van der Waals surface area contributed by atoms with E-state index in [0.29, 0.717) is 21.7 Å². The molecule has 4 aliphatic rings. The number of rotatable bonds is 6. The molecule has 2 heteroatoms. The summed E-state index contributed by atoms with van der Waals surface area (Å²) in [4.78, 5) is 0. The number of nitrogens with one attached hydrogen (secondary N) is 1. The summed E-state index contributed by atoms with van der Waals surface area (Å²) in [6, 6.07) is 0. The van der Waals surface area contributed by atoms with Crippen LogP contribution in [0.2, 0.25) is 0 Å². The fraction of sp³-hybridized carbons (Fsp3) is 1.00. The van der Waals surface area contributed by atoms with Gasteiger partial charge in [0.15, 0.2) is 0 Å². The summed E-state index contributed by atoms with van der Waals surface area (Å²) in [6.07, 6.45) is 16.7. The minimum absolute atomic E-state index is 0.361. The highest BCUT2D eigenvalue weighted by Crippen LogP contribution is 2.68. The zero-order chi connectivity index (χ0) is 23.8. The summed E-state index contributed by atoms with van der Waals surface area (Å²) >= 11 is 1.90. The molecule has 32 heavy (non-hydrogen) atoms. The average Bonchev–Trinajstić information content (AvgIpc) is 3.09. The minimum atomic E-state index is 0.361. The van der Waals surface area contributed by atoms with Crippen molar-refractivity contribution in [3.8, 4) is 0 Å². The lowest BCUT2D eigenvalue weighted by atomic mass is 9.44. The van der Waals surface area contributed by atoms with Gasteiger partial charge in [-0.2, -0.15) is 0 Å². The third-order valence-corrected chi connectivity index (χ3v) is 13.1. The van der Waals surface area contributed by atoms with Crippen molar-refractivity contribution < 1.29 is 0 Å². The fourth-order valence-electron chi connectivity index (χ4n) is 9.08. The summed E-state index contributed by atoms with van der Waals surface area (Å²) in [5.74, 6) is 6.31. The van der Waals surface area contributed by atoms with Gasteiger partial charge in [0.1, 0.15) is 0 Å². The first-order valence-electron chi connectivity index (χ1n) is 14.3. The van der Waals surface area contributed by atoms with Gasteiger partial charge >= 0.3 is 0 Å². The van der Waals surface area contributed by atoms with Gasteiger partial charge in [0.25, 0.3) is 0 Å². The van der Waals surface area contributed by atoms with E-state index in [1.807, 2.05) is 25.8 Å². The highest BCUT2D eigenvalue weighted by atomic mass is 32.2. The summed E-state index contributed by atoms with van der Waals surface area (Å²) in [5, 5.41) is 0. The molecule has 1 N–H and O–H groups in total. The van der Waals surface area contributed by atoms with Crippen molar-refractivity contribution in [2.24, 2.45) is 51.2 Å². The first-order chi connectivity index (χ1) is 15.1. The Kier molecular flexibility index (Phi) is 8.51. The van der Waals surface area contributed by atoms with Gasteiger partial charge in [-0.1, -0.05) is 80.2 Å². The Bertz CT molecular complexity index is 612. The molecule has 0 radical (unpaired) electrons. The number of fused-ring (bicyclic) bond motifs is 5. The molecule has 4 aliphatic carbocycles. The molecule has 0 aromatic heterocycles. The lowest BCUT2D eigenvalue weighted by molar-refractivity contribution is -0.114. The van der Waals surface area contributed by atoms with Crippen molar-refractivity contribution >= 4 is 11.9 Å². The molecule has 0 aliphatic heterocycles. The highest BCUT2D eigenvalue weighted by molar-refractivity contribution is 7.97. The summed E-state index contributed by atoms with van der Waals surface area (Å²) < 4.78 is 3.32. The number of hydrogen-bond donors (Lipinski definition) is 1. The summed E-state index contributed by atoms with van der Waals surface area (Å²) in [5.41, 5.74) is 2.05. The van der Waals surface area contributed by atoms with Crippen molar-refractivity contribution in [2.45, 2.75) is 126 Å². The maximum atomic E-state index is 3.32. The first kappa shape index (κ1) is 26.9. The van der Waals surface area contributed by atoms with E-state index in [1.165, 1.54) is 57.1 Å². The van der Waals surface area contributed by atoms with Gasteiger partial charge < -0.3 is 0 Å². The van der Waals surface area contributed by atoms with E-state index in [2.05, 4.69) is 53.3 Å². The van der Waals surface area contributed by atoms with Gasteiger partial charge in [0, 0.05) is 5.75 Å². The van der Waals surface area contributed by atoms with Crippen molar-refractivity contribution in [1.82, 2.24) is 4.72 Å². The standard InChI is InChI=1S/C28H51NS.C2H6/c1-25(2,26(3,4)19-30-29-7)18-21-12-14-23-22-13-11-20-10-8-9-16-27(20,5)24(22)15-17-28(21,23)6;1-2/h20-24,29H,8-19H2,1-7H3;1-2H3. The fourth-order valence-corrected chi connectivity index (χ4v) is 9.98. The molecule has 0 saturated heterocycles. The van der Waals surface area contributed by atoms with E-state index in [4.69, 9.17) is 0 Å². The maximum Gasteiger partial charge on any atom is 0.0135 e. The second-order valence-electron chi connectivity index (χ2n) is 13.7. The maximum absolute atomic E-state index is 3.32. The van der Waals surface area contributed by atoms with Gasteiger partial charge in [-0.15, -0.1) is 0 Å². The number of hydrogen-bond acceptors (Lipinski definition) is 2. The van der Waals surface area contributed by atoms with Gasteiger partial charge in [0.2, 0.25) is 0 Å². The normalized spacial score (nSPS) is 41.7. The molecule has 0 amide bonds. The Morgan fingerprint density at radius 1 is 0.781 bits per heavy atom. The largest absolute Gasteiger partial charge is 0.267 e. The Balaban J connectivity index is 0.00000141. The van der Waals surface area contributed by atoms with E-state index in [-0.39, 0.29) is 0 Å². The summed E-state index contributed by atoms with van der Waals surface area (Å²) in [6.45, 7) is 19.6. The monoisotopic (exact) mass is 463 g/mol. The van der Waals surface area contributed by atoms with Gasteiger partial charge in [-0.3, -0.25) is 4.72 Å². The lowest BCUT2D eigenvalue weighted by Gasteiger charge is -2.61. The molecule has 7 unspecified atom stereocenters. The van der Waals surface area contributed by atoms with Crippen LogP contribution in [0.5, 0.6) is 0 Å². The van der Waals surface area contributed by atoms with E-state index in [1.54, 1.807) is 19.3 Å². The van der Waals surface area contributed by atoms with Crippen LogP contribution in [0.4, 0.5) is 0 Å². The van der Waals surface area contributed by atoms with Crippen molar-refractivity contribution in [1.29, 1.82) is 0 Å². The molecule has 4 saturated carbocycles. The quantitative estimate of drug-likeness (QED) is 0.394. The molecule has 0 bridgehead atoms. The molecular formula is C30H57NS. The van der Waals surface area contributed by atoms with Crippen LogP contribution in [0, 0.1) is 51.2 Å². The van der Waals surface area contributed by atoms with Crippen LogP contribution in [0.25, 0.3) is 0 Å². The molecule has 1 nitrogen and oxygen atoms in total. The third-order valence-electron chi connectivity index (χ3n) is 11.9. The Labute approximate surface area is 206 Å². The van der Waals surface area contributed by atoms with Gasteiger partial charge in [-0.25, -0.2) is 0 Å². The Morgan fingerprint density at radius 2 is 1.47 bits per heavy atom. The molecule has 7 atom stereocenters. The molecule has 0 heterocycles. The molecule has 0 aromatic carbocycles. The van der Waals surface area contributed by atoms with Crippen molar-refractivity contribution in [3.05, 3.63) is 0 Å². The van der Waals surface area contributed by atoms with Crippen LogP contribution in [0.1, 0.15) is 126 Å².